The average molecular weight is 230 g/mol. The maximum absolute atomic E-state index is 11.0. The molecule has 1 aliphatic heterocycles. The Morgan fingerprint density at radius 2 is 1.69 bits per heavy atom. The summed E-state index contributed by atoms with van der Waals surface area (Å²) in [5, 5.41) is 0. The maximum atomic E-state index is 11.0. The van der Waals surface area contributed by atoms with Gasteiger partial charge in [0.25, 0.3) is 0 Å². The van der Waals surface area contributed by atoms with Gasteiger partial charge in [-0.15, -0.1) is 0 Å². The van der Waals surface area contributed by atoms with Crippen LogP contribution >= 0.6 is 0 Å². The Bertz CT molecular complexity index is 286. The van der Waals surface area contributed by atoms with Crippen LogP contribution < -0.4 is 5.73 Å². The van der Waals surface area contributed by atoms with Gasteiger partial charge < -0.3 is 15.2 Å². The van der Waals surface area contributed by atoms with Crippen LogP contribution in [0.1, 0.15) is 19.3 Å². The molecule has 0 aliphatic carbocycles. The molecule has 0 aromatic carbocycles. The molecule has 1 amide bonds. The van der Waals surface area contributed by atoms with Gasteiger partial charge in [-0.2, -0.15) is 0 Å². The van der Waals surface area contributed by atoms with E-state index in [2.05, 4.69) is 15.2 Å². The van der Waals surface area contributed by atoms with Crippen LogP contribution in [0.3, 0.4) is 0 Å². The van der Waals surface area contributed by atoms with Crippen LogP contribution in [0.25, 0.3) is 0 Å². The molecule has 0 radical (unpaired) electrons. The Kier molecular flexibility index (Phi) is 4.71. The zero-order valence-electron chi connectivity index (χ0n) is 8.81. The Morgan fingerprint density at radius 3 is 2.25 bits per heavy atom. The number of rotatable bonds is 2. The summed E-state index contributed by atoms with van der Waals surface area (Å²) in [6, 6.07) is 0. The highest BCUT2D eigenvalue weighted by Crippen LogP contribution is 2.07. The summed E-state index contributed by atoms with van der Waals surface area (Å²) < 4.78 is 8.51. The van der Waals surface area contributed by atoms with E-state index in [1.54, 1.807) is 0 Å². The number of hydrogen-bond acceptors (Lipinski definition) is 6. The fourth-order valence-corrected chi connectivity index (χ4v) is 1.43. The fourth-order valence-electron chi connectivity index (χ4n) is 1.43. The van der Waals surface area contributed by atoms with E-state index in [9.17, 15) is 14.4 Å². The van der Waals surface area contributed by atoms with Gasteiger partial charge in [-0.1, -0.05) is 6.42 Å². The lowest BCUT2D eigenvalue weighted by Gasteiger charge is -2.25. The Morgan fingerprint density at radius 1 is 1.06 bits per heavy atom. The molecule has 1 heterocycles. The first-order valence-electron chi connectivity index (χ1n) is 5.00. The summed E-state index contributed by atoms with van der Waals surface area (Å²) in [5.41, 5.74) is 4.57. The number of primary amides is 1. The molecule has 1 fully saturated rings. The molecule has 0 unspecified atom stereocenters. The van der Waals surface area contributed by atoms with E-state index in [1.165, 1.54) is 0 Å². The number of amides is 1. The van der Waals surface area contributed by atoms with Gasteiger partial charge in [-0.25, -0.2) is 14.4 Å². The number of esters is 2. The predicted molar refractivity (Wildman–Crippen MR) is 52.1 cm³/mol. The number of hydrogen-bond donors (Lipinski definition) is 1. The van der Waals surface area contributed by atoms with Gasteiger partial charge in [0.05, 0.1) is 0 Å². The highest BCUT2D eigenvalue weighted by atomic mass is 16.6. The molecule has 1 rings (SSSR count). The average Bonchev–Trinajstić information content (AvgIpc) is 2.26. The number of nitrogens with two attached hydrogens (primary N) is 1. The molecule has 7 nitrogen and oxygen atoms in total. The SMILES string of the molecule is NC(=O)OC(=O)C(=O)OCN1CCCCC1. The number of nitrogens with zero attached hydrogens (tertiary/aromatic N) is 1. The van der Waals surface area contributed by atoms with Gasteiger partial charge in [0, 0.05) is 13.1 Å². The van der Waals surface area contributed by atoms with Gasteiger partial charge in [0.2, 0.25) is 0 Å². The van der Waals surface area contributed by atoms with Gasteiger partial charge in [-0.05, 0) is 12.8 Å². The van der Waals surface area contributed by atoms with Crippen LogP contribution in [0.15, 0.2) is 0 Å². The molecular formula is C9H14N2O5. The molecule has 16 heavy (non-hydrogen) atoms. The lowest BCUT2D eigenvalue weighted by molar-refractivity contribution is -0.167. The normalized spacial score (nSPS) is 16.5. The molecule has 2 N–H and O–H groups in total. The topological polar surface area (TPSA) is 98.9 Å². The monoisotopic (exact) mass is 230 g/mol. The molecule has 0 atom stereocenters. The molecule has 0 aromatic heterocycles. The summed E-state index contributed by atoms with van der Waals surface area (Å²) in [7, 11) is 0. The quantitative estimate of drug-likeness (QED) is 0.393. The van der Waals surface area contributed by atoms with Crippen molar-refractivity contribution < 1.29 is 23.9 Å². The molecule has 0 aromatic rings. The summed E-state index contributed by atoms with van der Waals surface area (Å²) in [5.74, 6) is -2.59. The van der Waals surface area contributed by atoms with Crippen molar-refractivity contribution in [3.05, 3.63) is 0 Å². The Hall–Kier alpha value is -1.63. The van der Waals surface area contributed by atoms with E-state index in [4.69, 9.17) is 0 Å². The van der Waals surface area contributed by atoms with Gasteiger partial charge >= 0.3 is 18.0 Å². The lowest BCUT2D eigenvalue weighted by Crippen LogP contribution is -2.35. The number of carbonyl (C=O) groups is 3. The van der Waals surface area contributed by atoms with Crippen LogP contribution in [0.2, 0.25) is 0 Å². The molecule has 1 saturated heterocycles. The van der Waals surface area contributed by atoms with Crippen molar-refractivity contribution in [2.45, 2.75) is 19.3 Å². The molecule has 0 bridgehead atoms. The number of ether oxygens (including phenoxy) is 2. The van der Waals surface area contributed by atoms with Crippen LogP contribution in [0.5, 0.6) is 0 Å². The summed E-state index contributed by atoms with van der Waals surface area (Å²) in [6.45, 7) is 1.70. The molecule has 0 saturated carbocycles. The van der Waals surface area contributed by atoms with Crippen LogP contribution in [0, 0.1) is 0 Å². The van der Waals surface area contributed by atoms with E-state index < -0.39 is 18.0 Å². The van der Waals surface area contributed by atoms with Crippen molar-refractivity contribution in [2.75, 3.05) is 19.8 Å². The van der Waals surface area contributed by atoms with E-state index in [1.807, 2.05) is 4.90 Å². The number of likely N-dealkylation sites (tertiary alicyclic amines) is 1. The van der Waals surface area contributed by atoms with E-state index in [0.29, 0.717) is 0 Å². The molecular weight excluding hydrogens is 216 g/mol. The third-order valence-corrected chi connectivity index (χ3v) is 2.19. The number of carbonyl (C=O) groups excluding carboxylic acids is 3. The van der Waals surface area contributed by atoms with Crippen LogP contribution in [0.4, 0.5) is 4.79 Å². The summed E-state index contributed by atoms with van der Waals surface area (Å²) in [4.78, 5) is 33.9. The minimum Gasteiger partial charge on any atom is -0.441 e. The molecule has 90 valence electrons. The van der Waals surface area contributed by atoms with Gasteiger partial charge in [0.1, 0.15) is 6.73 Å². The zero-order chi connectivity index (χ0) is 12.0. The second-order valence-electron chi connectivity index (χ2n) is 3.45. The van der Waals surface area contributed by atoms with Crippen LogP contribution in [-0.2, 0) is 19.1 Å². The highest BCUT2D eigenvalue weighted by Gasteiger charge is 2.21. The summed E-state index contributed by atoms with van der Waals surface area (Å²) in [6.07, 6.45) is 1.93. The van der Waals surface area contributed by atoms with Crippen molar-refractivity contribution in [3.63, 3.8) is 0 Å². The zero-order valence-corrected chi connectivity index (χ0v) is 8.81. The highest BCUT2D eigenvalue weighted by molar-refractivity contribution is 6.31. The largest absolute Gasteiger partial charge is 0.441 e. The van der Waals surface area contributed by atoms with Crippen molar-refractivity contribution in [1.29, 1.82) is 0 Å². The molecule has 1 aliphatic rings. The van der Waals surface area contributed by atoms with E-state index in [-0.39, 0.29) is 6.73 Å². The van der Waals surface area contributed by atoms with Gasteiger partial charge in [-0.3, -0.25) is 4.90 Å². The second kappa shape index (κ2) is 6.06. The summed E-state index contributed by atoms with van der Waals surface area (Å²) >= 11 is 0. The number of piperidine rings is 1. The smallest absolute Gasteiger partial charge is 0.426 e. The van der Waals surface area contributed by atoms with Crippen molar-refractivity contribution in [2.24, 2.45) is 5.73 Å². The fraction of sp³-hybridized carbons (Fsp3) is 0.667. The third-order valence-electron chi connectivity index (χ3n) is 2.19. The van der Waals surface area contributed by atoms with Crippen LogP contribution in [-0.4, -0.2) is 42.8 Å². The third kappa shape index (κ3) is 4.26. The van der Waals surface area contributed by atoms with E-state index in [0.717, 1.165) is 32.4 Å². The second-order valence-corrected chi connectivity index (χ2v) is 3.45. The maximum Gasteiger partial charge on any atom is 0.426 e. The molecule has 7 heteroatoms. The Balaban J connectivity index is 2.23. The minimum atomic E-state index is -1.38. The van der Waals surface area contributed by atoms with Crippen molar-refractivity contribution in [3.8, 4) is 0 Å². The first-order valence-corrected chi connectivity index (χ1v) is 5.00. The first-order chi connectivity index (χ1) is 7.59. The predicted octanol–water partition coefficient (Wildman–Crippen LogP) is -0.405. The first kappa shape index (κ1) is 12.4. The minimum absolute atomic E-state index is 0.0344. The van der Waals surface area contributed by atoms with Crippen molar-refractivity contribution in [1.82, 2.24) is 4.90 Å². The van der Waals surface area contributed by atoms with Crippen molar-refractivity contribution >= 4 is 18.0 Å². The molecule has 0 spiro atoms. The van der Waals surface area contributed by atoms with E-state index >= 15 is 0 Å². The van der Waals surface area contributed by atoms with Gasteiger partial charge in [0.15, 0.2) is 0 Å². The lowest BCUT2D eigenvalue weighted by atomic mass is 10.1. The Labute approximate surface area is 92.5 Å². The standard InChI is InChI=1S/C9H14N2O5/c10-9(14)16-8(13)7(12)15-6-11-4-2-1-3-5-11/h1-6H2,(H2,10,14).